The third-order valence-corrected chi connectivity index (χ3v) is 5.09. The number of aliphatic hydroxyl groups is 1. The molecule has 0 unspecified atom stereocenters. The van der Waals surface area contributed by atoms with Crippen LogP contribution < -0.4 is 4.74 Å². The molecule has 1 N–H and O–H groups in total. The summed E-state index contributed by atoms with van der Waals surface area (Å²) >= 11 is 0. The molecular weight excluding hydrogens is 346 g/mol. The van der Waals surface area contributed by atoms with E-state index in [1.54, 1.807) is 13.4 Å². The first-order chi connectivity index (χ1) is 13.1. The molecule has 1 aliphatic rings. The predicted molar refractivity (Wildman–Crippen MR) is 98.2 cm³/mol. The van der Waals surface area contributed by atoms with Crippen LogP contribution in [-0.4, -0.2) is 46.1 Å². The van der Waals surface area contributed by atoms with E-state index in [1.807, 2.05) is 36.4 Å². The lowest BCUT2D eigenvalue weighted by Gasteiger charge is -2.37. The topological polar surface area (TPSA) is 84.8 Å². The monoisotopic (exact) mass is 369 g/mol. The molecule has 3 aromatic rings. The van der Waals surface area contributed by atoms with E-state index in [9.17, 15) is 5.11 Å². The molecule has 1 aliphatic heterocycles. The van der Waals surface area contributed by atoms with E-state index in [0.29, 0.717) is 25.0 Å². The molecule has 0 atom stereocenters. The zero-order valence-electron chi connectivity index (χ0n) is 15.3. The van der Waals surface area contributed by atoms with Crippen LogP contribution in [0.5, 0.6) is 5.75 Å². The van der Waals surface area contributed by atoms with Crippen LogP contribution in [0.25, 0.3) is 11.3 Å². The van der Waals surface area contributed by atoms with Crippen LogP contribution in [-0.2, 0) is 13.0 Å². The number of hydrogen-bond donors (Lipinski definition) is 1. The van der Waals surface area contributed by atoms with Crippen LogP contribution in [0.1, 0.15) is 24.3 Å². The quantitative estimate of drug-likeness (QED) is 0.715. The molecule has 0 aliphatic carbocycles. The van der Waals surface area contributed by atoms with Gasteiger partial charge in [-0.05, 0) is 25.0 Å². The van der Waals surface area contributed by atoms with Gasteiger partial charge in [-0.2, -0.15) is 0 Å². The van der Waals surface area contributed by atoms with Gasteiger partial charge in [-0.15, -0.1) is 0 Å². The Morgan fingerprint density at radius 2 is 2.04 bits per heavy atom. The van der Waals surface area contributed by atoms with Crippen LogP contribution in [0.4, 0.5) is 0 Å². The minimum atomic E-state index is -0.772. The number of rotatable bonds is 6. The highest BCUT2D eigenvalue weighted by molar-refractivity contribution is 5.60. The van der Waals surface area contributed by atoms with Gasteiger partial charge < -0.3 is 18.9 Å². The van der Waals surface area contributed by atoms with Crippen molar-refractivity contribution in [2.75, 3.05) is 20.2 Å². The maximum absolute atomic E-state index is 11.0. The number of likely N-dealkylation sites (tertiary alicyclic amines) is 1. The SMILES string of the molecule is COc1cccc(-c2cc(CC3(O)CCN(Cc4ccon4)CC3)on2)c1. The second-order valence-electron chi connectivity index (χ2n) is 7.08. The fraction of sp³-hybridized carbons (Fsp3) is 0.400. The number of methoxy groups -OCH3 is 1. The third-order valence-electron chi connectivity index (χ3n) is 5.09. The second-order valence-corrected chi connectivity index (χ2v) is 7.08. The molecule has 1 aromatic carbocycles. The molecule has 3 heterocycles. The van der Waals surface area contributed by atoms with Gasteiger partial charge >= 0.3 is 0 Å². The Kier molecular flexibility index (Phi) is 4.96. The highest BCUT2D eigenvalue weighted by Crippen LogP contribution is 2.29. The summed E-state index contributed by atoms with van der Waals surface area (Å²) in [6, 6.07) is 11.4. The molecule has 7 nitrogen and oxygen atoms in total. The third kappa shape index (κ3) is 4.20. The van der Waals surface area contributed by atoms with Crippen LogP contribution >= 0.6 is 0 Å². The Balaban J connectivity index is 1.37. The van der Waals surface area contributed by atoms with E-state index >= 15 is 0 Å². The summed E-state index contributed by atoms with van der Waals surface area (Å²) in [7, 11) is 1.64. The number of aromatic nitrogens is 2. The Labute approximate surface area is 157 Å². The van der Waals surface area contributed by atoms with Crippen LogP contribution in [0.15, 0.2) is 51.7 Å². The van der Waals surface area contributed by atoms with E-state index in [2.05, 4.69) is 15.2 Å². The molecular formula is C20H23N3O4. The van der Waals surface area contributed by atoms with E-state index in [1.165, 1.54) is 0 Å². The van der Waals surface area contributed by atoms with Crippen molar-refractivity contribution in [3.63, 3.8) is 0 Å². The Morgan fingerprint density at radius 3 is 2.78 bits per heavy atom. The van der Waals surface area contributed by atoms with Crippen molar-refractivity contribution < 1.29 is 18.9 Å². The lowest BCUT2D eigenvalue weighted by molar-refractivity contribution is -0.0269. The van der Waals surface area contributed by atoms with Crippen molar-refractivity contribution in [3.05, 3.63) is 54.1 Å². The van der Waals surface area contributed by atoms with Crippen molar-refractivity contribution in [1.82, 2.24) is 15.2 Å². The fourth-order valence-electron chi connectivity index (χ4n) is 3.49. The number of ether oxygens (including phenoxy) is 1. The van der Waals surface area contributed by atoms with Crippen LogP contribution in [0, 0.1) is 0 Å². The smallest absolute Gasteiger partial charge is 0.140 e. The first-order valence-corrected chi connectivity index (χ1v) is 9.08. The maximum Gasteiger partial charge on any atom is 0.140 e. The van der Waals surface area contributed by atoms with E-state index in [-0.39, 0.29) is 0 Å². The molecule has 0 amide bonds. The van der Waals surface area contributed by atoms with Gasteiger partial charge in [-0.1, -0.05) is 22.4 Å². The van der Waals surface area contributed by atoms with Crippen molar-refractivity contribution >= 4 is 0 Å². The van der Waals surface area contributed by atoms with Crippen LogP contribution in [0.2, 0.25) is 0 Å². The van der Waals surface area contributed by atoms with Gasteiger partial charge in [0.15, 0.2) is 0 Å². The summed E-state index contributed by atoms with van der Waals surface area (Å²) < 4.78 is 15.6. The first-order valence-electron chi connectivity index (χ1n) is 9.08. The van der Waals surface area contributed by atoms with E-state index < -0.39 is 5.60 Å². The number of nitrogens with zero attached hydrogens (tertiary/aromatic N) is 3. The summed E-state index contributed by atoms with van der Waals surface area (Å²) in [6.07, 6.45) is 3.40. The van der Waals surface area contributed by atoms with Crippen molar-refractivity contribution in [2.24, 2.45) is 0 Å². The lowest BCUT2D eigenvalue weighted by atomic mass is 9.87. The molecule has 142 valence electrons. The minimum absolute atomic E-state index is 0.460. The number of benzene rings is 1. The van der Waals surface area contributed by atoms with E-state index in [0.717, 1.165) is 42.3 Å². The fourth-order valence-corrected chi connectivity index (χ4v) is 3.49. The summed E-state index contributed by atoms with van der Waals surface area (Å²) in [6.45, 7) is 2.36. The molecule has 0 saturated carbocycles. The summed E-state index contributed by atoms with van der Waals surface area (Å²) in [5, 5.41) is 19.1. The Morgan fingerprint density at radius 1 is 1.19 bits per heavy atom. The number of piperidine rings is 1. The van der Waals surface area contributed by atoms with E-state index in [4.69, 9.17) is 13.8 Å². The van der Waals surface area contributed by atoms with Gasteiger partial charge in [-0.25, -0.2) is 0 Å². The molecule has 1 fully saturated rings. The maximum atomic E-state index is 11.0. The van der Waals surface area contributed by atoms with Gasteiger partial charge in [0.25, 0.3) is 0 Å². The summed E-state index contributed by atoms with van der Waals surface area (Å²) in [5.74, 6) is 1.47. The average molecular weight is 369 g/mol. The highest BCUT2D eigenvalue weighted by Gasteiger charge is 2.34. The minimum Gasteiger partial charge on any atom is -0.497 e. The predicted octanol–water partition coefficient (Wildman–Crippen LogP) is 2.91. The average Bonchev–Trinajstić information content (AvgIpc) is 3.36. The first kappa shape index (κ1) is 17.8. The van der Waals surface area contributed by atoms with Crippen LogP contribution in [0.3, 0.4) is 0 Å². The largest absolute Gasteiger partial charge is 0.497 e. The highest BCUT2D eigenvalue weighted by atomic mass is 16.5. The van der Waals surface area contributed by atoms with Crippen molar-refractivity contribution in [3.8, 4) is 17.0 Å². The molecule has 0 spiro atoms. The Hall–Kier alpha value is -2.64. The molecule has 4 rings (SSSR count). The van der Waals surface area contributed by atoms with Gasteiger partial charge in [0.05, 0.1) is 18.4 Å². The van der Waals surface area contributed by atoms with Gasteiger partial charge in [-0.3, -0.25) is 4.90 Å². The Bertz CT molecular complexity index is 867. The normalized spacial score (nSPS) is 17.1. The van der Waals surface area contributed by atoms with Gasteiger partial charge in [0.1, 0.15) is 23.5 Å². The van der Waals surface area contributed by atoms with Gasteiger partial charge in [0.2, 0.25) is 0 Å². The lowest BCUT2D eigenvalue weighted by Crippen LogP contribution is -2.45. The summed E-state index contributed by atoms with van der Waals surface area (Å²) in [5.41, 5.74) is 1.82. The standard InChI is InChI=1S/C20H23N3O4/c1-25-17-4-2-3-15(11-17)19-12-18(27-22-19)13-20(24)6-8-23(9-7-20)14-16-5-10-26-21-16/h2-5,10-12,24H,6-9,13-14H2,1H3. The molecule has 0 radical (unpaired) electrons. The zero-order valence-corrected chi connectivity index (χ0v) is 15.3. The van der Waals surface area contributed by atoms with Crippen molar-refractivity contribution in [1.29, 1.82) is 0 Å². The molecule has 2 aromatic heterocycles. The summed E-state index contributed by atoms with van der Waals surface area (Å²) in [4.78, 5) is 2.27. The molecule has 27 heavy (non-hydrogen) atoms. The molecule has 0 bridgehead atoms. The number of hydrogen-bond acceptors (Lipinski definition) is 7. The molecule has 1 saturated heterocycles. The molecule has 7 heteroatoms. The van der Waals surface area contributed by atoms with Crippen molar-refractivity contribution in [2.45, 2.75) is 31.4 Å². The second kappa shape index (κ2) is 7.54. The zero-order chi connectivity index (χ0) is 18.7. The van der Waals surface area contributed by atoms with Gasteiger partial charge in [0, 0.05) is 43.8 Å².